The largest absolute Gasteiger partial charge is 0.497 e. The van der Waals surface area contributed by atoms with Crippen molar-refractivity contribution < 1.29 is 34.0 Å². The lowest BCUT2D eigenvalue weighted by atomic mass is 9.82. The third kappa shape index (κ3) is 7.04. The summed E-state index contributed by atoms with van der Waals surface area (Å²) in [5.41, 5.74) is 3.54. The first-order valence-corrected chi connectivity index (χ1v) is 23.0. The highest BCUT2D eigenvalue weighted by molar-refractivity contribution is 6.91. The van der Waals surface area contributed by atoms with Gasteiger partial charge in [-0.15, -0.1) is 0 Å². The minimum Gasteiger partial charge on any atom is -0.497 e. The molecule has 7 rings (SSSR count). The molecule has 3 heterocycles. The van der Waals surface area contributed by atoms with Crippen molar-refractivity contribution in [2.24, 2.45) is 5.92 Å². The van der Waals surface area contributed by atoms with Crippen LogP contribution in [0, 0.1) is 5.92 Å². The number of methoxy groups -OCH3 is 1. The van der Waals surface area contributed by atoms with E-state index in [4.69, 9.17) is 14.2 Å². The van der Waals surface area contributed by atoms with Crippen molar-refractivity contribution in [2.45, 2.75) is 82.5 Å². The molecule has 0 aromatic heterocycles. The van der Waals surface area contributed by atoms with E-state index in [0.29, 0.717) is 44.6 Å². The zero-order valence-electron chi connectivity index (χ0n) is 33.2. The van der Waals surface area contributed by atoms with E-state index in [1.54, 1.807) is 12.0 Å². The summed E-state index contributed by atoms with van der Waals surface area (Å²) < 4.78 is 18.6. The Morgan fingerprint density at radius 2 is 1.64 bits per heavy atom. The monoisotopic (exact) mass is 777 g/mol. The van der Waals surface area contributed by atoms with Gasteiger partial charge >= 0.3 is 0 Å². The number of rotatable bonds is 15. The number of nitrogens with one attached hydrogen (secondary N) is 1. The topological polar surface area (TPSA) is 121 Å². The van der Waals surface area contributed by atoms with Crippen molar-refractivity contribution in [1.29, 1.82) is 0 Å². The van der Waals surface area contributed by atoms with E-state index >= 15 is 4.79 Å². The number of carbonyl (C=O) groups is 2. The first-order chi connectivity index (χ1) is 27.1. The number of aliphatic hydroxyl groups excluding tert-OH is 2. The Hall–Kier alpha value is -4.52. The van der Waals surface area contributed by atoms with Crippen LogP contribution in [0.3, 0.4) is 0 Å². The number of ether oxygens (including phenoxy) is 3. The van der Waals surface area contributed by atoms with Crippen molar-refractivity contribution in [1.82, 2.24) is 5.32 Å². The van der Waals surface area contributed by atoms with Crippen molar-refractivity contribution in [3.05, 3.63) is 108 Å². The first-order valence-electron chi connectivity index (χ1n) is 20.0. The summed E-state index contributed by atoms with van der Waals surface area (Å²) in [6.45, 7) is 10.3. The van der Waals surface area contributed by atoms with E-state index in [0.717, 1.165) is 46.0 Å². The number of hydrogen-bond donors (Lipinski definition) is 3. The molecular weight excluding hydrogens is 723 g/mol. The highest BCUT2D eigenvalue weighted by Crippen LogP contribution is 2.60. The summed E-state index contributed by atoms with van der Waals surface area (Å²) in [5.74, 6) is 1.06. The van der Waals surface area contributed by atoms with Gasteiger partial charge in [-0.3, -0.25) is 14.5 Å². The molecule has 0 saturated carbocycles. The minimum absolute atomic E-state index is 0.0259. The number of aliphatic hydroxyl groups is 2. The molecule has 4 aromatic carbocycles. The summed E-state index contributed by atoms with van der Waals surface area (Å²) in [6, 6.07) is 29.5. The van der Waals surface area contributed by atoms with Gasteiger partial charge in [0, 0.05) is 30.4 Å². The van der Waals surface area contributed by atoms with Crippen LogP contribution >= 0.6 is 0 Å². The molecule has 1 unspecified atom stereocenters. The molecule has 0 radical (unpaired) electrons. The standard InChI is InChI=1S/C45H55N3O7Si/c1-6-54-35-17-21-39-32(26-35)27-38(46-23-10-11-24-49)43(51)48(39)33-14-20-40-37(28-33)45(44(52)47(40)29-31-12-8-7-9-13-31)30(2)42(41(55-45)22-25-50)56(4,5)36-18-15-34(53-3)16-19-36/h7-9,12-21,26,28,30,38,41-42,46,49-50H,6,10-11,22-25,27,29H2,1-5H3/t30-,38?,41+,42-,45+/m0/s1. The van der Waals surface area contributed by atoms with Crippen molar-refractivity contribution in [2.75, 3.05) is 43.3 Å². The maximum atomic E-state index is 15.3. The second-order valence-electron chi connectivity index (χ2n) is 15.8. The molecule has 56 heavy (non-hydrogen) atoms. The van der Waals surface area contributed by atoms with Gasteiger partial charge in [0.25, 0.3) is 5.91 Å². The normalized spacial score (nSPS) is 23.1. The predicted molar refractivity (Wildman–Crippen MR) is 222 cm³/mol. The van der Waals surface area contributed by atoms with Crippen LogP contribution in [0.15, 0.2) is 91.0 Å². The third-order valence-corrected chi connectivity index (χ3v) is 16.6. The van der Waals surface area contributed by atoms with Crippen LogP contribution in [0.1, 0.15) is 49.8 Å². The van der Waals surface area contributed by atoms with Crippen LogP contribution < -0.4 is 29.8 Å². The van der Waals surface area contributed by atoms with Gasteiger partial charge in [0.1, 0.15) is 11.5 Å². The number of carbonyl (C=O) groups excluding carboxylic acids is 2. The average molecular weight is 778 g/mol. The summed E-state index contributed by atoms with van der Waals surface area (Å²) in [4.78, 5) is 33.5. The lowest BCUT2D eigenvalue weighted by molar-refractivity contribution is -0.146. The Balaban J connectivity index is 1.36. The molecule has 0 bridgehead atoms. The van der Waals surface area contributed by atoms with Crippen molar-refractivity contribution in [3.8, 4) is 11.5 Å². The molecule has 5 atom stereocenters. The van der Waals surface area contributed by atoms with E-state index in [9.17, 15) is 15.0 Å². The molecule has 0 aliphatic carbocycles. The second-order valence-corrected chi connectivity index (χ2v) is 20.5. The lowest BCUT2D eigenvalue weighted by Gasteiger charge is -2.37. The fraction of sp³-hybridized carbons (Fsp3) is 0.422. The summed E-state index contributed by atoms with van der Waals surface area (Å²) >= 11 is 0. The summed E-state index contributed by atoms with van der Waals surface area (Å²) in [6.07, 6.45) is 1.91. The lowest BCUT2D eigenvalue weighted by Crippen LogP contribution is -2.52. The number of fused-ring (bicyclic) bond motifs is 3. The first kappa shape index (κ1) is 39.7. The minimum atomic E-state index is -2.39. The van der Waals surface area contributed by atoms with Gasteiger partial charge in [-0.1, -0.05) is 67.7 Å². The van der Waals surface area contributed by atoms with Crippen LogP contribution in [-0.2, 0) is 32.9 Å². The highest BCUT2D eigenvalue weighted by Gasteiger charge is 2.66. The Bertz CT molecular complexity index is 2030. The maximum Gasteiger partial charge on any atom is 0.264 e. The summed E-state index contributed by atoms with van der Waals surface area (Å²) in [5, 5.41) is 24.5. The second kappa shape index (κ2) is 16.5. The maximum absolute atomic E-state index is 15.3. The average Bonchev–Trinajstić information content (AvgIpc) is 3.63. The molecule has 11 heteroatoms. The molecule has 2 amide bonds. The van der Waals surface area contributed by atoms with E-state index in [1.165, 1.54) is 5.19 Å². The molecular formula is C45H55N3O7Si. The van der Waals surface area contributed by atoms with Gasteiger partial charge in [-0.05, 0) is 104 Å². The van der Waals surface area contributed by atoms with Gasteiger partial charge < -0.3 is 34.6 Å². The molecule has 1 spiro atoms. The van der Waals surface area contributed by atoms with Gasteiger partial charge in [0.2, 0.25) is 5.91 Å². The van der Waals surface area contributed by atoms with E-state index < -0.39 is 19.7 Å². The number of hydrogen-bond acceptors (Lipinski definition) is 8. The molecule has 4 aromatic rings. The number of anilines is 3. The number of nitrogens with zero attached hydrogens (tertiary/aromatic N) is 2. The van der Waals surface area contributed by atoms with E-state index in [-0.39, 0.29) is 42.6 Å². The van der Waals surface area contributed by atoms with Crippen molar-refractivity contribution in [3.63, 3.8) is 0 Å². The van der Waals surface area contributed by atoms with Crippen LogP contribution in [-0.4, -0.2) is 75.7 Å². The molecule has 3 aliphatic heterocycles. The smallest absolute Gasteiger partial charge is 0.264 e. The van der Waals surface area contributed by atoms with Crippen molar-refractivity contribution >= 4 is 42.1 Å². The molecule has 10 nitrogen and oxygen atoms in total. The van der Waals surface area contributed by atoms with E-state index in [2.05, 4.69) is 37.5 Å². The van der Waals surface area contributed by atoms with Crippen LogP contribution in [0.2, 0.25) is 18.6 Å². The van der Waals surface area contributed by atoms with Gasteiger partial charge in [0.15, 0.2) is 5.60 Å². The fourth-order valence-electron chi connectivity index (χ4n) is 9.48. The SMILES string of the molecule is CCOc1ccc2c(c1)CC(NCCCCO)C(=O)N2c1ccc2c(c1)[C@@]1(O[C@H](CCO)[C@@H]([Si](C)(C)c3ccc(OC)cc3)[C@@H]1C)C(=O)N2Cc1ccccc1. The van der Waals surface area contributed by atoms with Crippen LogP contribution in [0.5, 0.6) is 11.5 Å². The summed E-state index contributed by atoms with van der Waals surface area (Å²) in [7, 11) is -0.733. The molecule has 1 saturated heterocycles. The Morgan fingerprint density at radius 1 is 0.911 bits per heavy atom. The third-order valence-electron chi connectivity index (χ3n) is 12.2. The molecule has 3 aliphatic rings. The van der Waals surface area contributed by atoms with E-state index in [1.807, 2.05) is 90.7 Å². The predicted octanol–water partition coefficient (Wildman–Crippen LogP) is 6.19. The van der Waals surface area contributed by atoms with Crippen LogP contribution in [0.25, 0.3) is 0 Å². The molecule has 1 fully saturated rings. The van der Waals surface area contributed by atoms with Gasteiger partial charge in [-0.2, -0.15) is 0 Å². The Morgan fingerprint density at radius 3 is 2.34 bits per heavy atom. The highest BCUT2D eigenvalue weighted by atomic mass is 28.3. The Kier molecular flexibility index (Phi) is 11.7. The zero-order valence-corrected chi connectivity index (χ0v) is 34.2. The number of unbranched alkanes of at least 4 members (excludes halogenated alkanes) is 1. The van der Waals surface area contributed by atoms with Gasteiger partial charge in [-0.25, -0.2) is 0 Å². The zero-order chi connectivity index (χ0) is 39.6. The number of benzene rings is 4. The number of amides is 2. The van der Waals surface area contributed by atoms with Crippen LogP contribution in [0.4, 0.5) is 17.1 Å². The molecule has 3 N–H and O–H groups in total. The fourth-order valence-corrected chi connectivity index (χ4v) is 13.5. The quantitative estimate of drug-likeness (QED) is 0.0967. The van der Waals surface area contributed by atoms with Gasteiger partial charge in [0.05, 0.1) is 51.9 Å². The molecule has 296 valence electrons. The Labute approximate surface area is 331 Å².